The zero-order valence-corrected chi connectivity index (χ0v) is 10.4. The lowest BCUT2D eigenvalue weighted by Gasteiger charge is -2.05. The van der Waals surface area contributed by atoms with E-state index in [4.69, 9.17) is 5.11 Å². The predicted octanol–water partition coefficient (Wildman–Crippen LogP) is 3.48. The molecule has 15 heavy (non-hydrogen) atoms. The molecule has 0 saturated heterocycles. The van der Waals surface area contributed by atoms with Crippen molar-refractivity contribution >= 4 is 17.3 Å². The smallest absolute Gasteiger partial charge is 0.355 e. The molecule has 3 nitrogen and oxygen atoms in total. The van der Waals surface area contributed by atoms with Crippen LogP contribution in [0.25, 0.3) is 0 Å². The summed E-state index contributed by atoms with van der Waals surface area (Å²) < 4.78 is 0. The second-order valence-electron chi connectivity index (χ2n) is 4.03. The van der Waals surface area contributed by atoms with Gasteiger partial charge in [-0.15, -0.1) is 11.3 Å². The molecule has 0 bridgehead atoms. The second kappa shape index (κ2) is 4.75. The topological polar surface area (TPSA) is 50.2 Å². The van der Waals surface area contributed by atoms with E-state index in [1.165, 1.54) is 11.3 Å². The fraction of sp³-hybridized carbons (Fsp3) is 0.636. The molecule has 0 aliphatic carbocycles. The van der Waals surface area contributed by atoms with Gasteiger partial charge in [-0.05, 0) is 12.3 Å². The molecule has 0 aromatic carbocycles. The quantitative estimate of drug-likeness (QED) is 0.856. The molecule has 0 saturated carbocycles. The molecule has 0 radical (unpaired) electrons. The Hall–Kier alpha value is -0.900. The van der Waals surface area contributed by atoms with Crippen LogP contribution in [0.1, 0.15) is 66.3 Å². The van der Waals surface area contributed by atoms with Crippen molar-refractivity contribution in [2.45, 2.75) is 46.0 Å². The average molecular weight is 227 g/mol. The third-order valence-electron chi connectivity index (χ3n) is 2.43. The van der Waals surface area contributed by atoms with E-state index >= 15 is 0 Å². The molecule has 1 atom stereocenters. The largest absolute Gasteiger partial charge is 0.476 e. The van der Waals surface area contributed by atoms with Crippen molar-refractivity contribution in [2.24, 2.45) is 0 Å². The van der Waals surface area contributed by atoms with Gasteiger partial charge in [-0.25, -0.2) is 9.78 Å². The van der Waals surface area contributed by atoms with Crippen LogP contribution < -0.4 is 0 Å². The van der Waals surface area contributed by atoms with E-state index in [1.54, 1.807) is 0 Å². The van der Waals surface area contributed by atoms with Gasteiger partial charge in [0.25, 0.3) is 0 Å². The van der Waals surface area contributed by atoms with Gasteiger partial charge < -0.3 is 5.11 Å². The summed E-state index contributed by atoms with van der Waals surface area (Å²) in [5.74, 6) is -0.333. The number of carboxylic acids is 1. The van der Waals surface area contributed by atoms with E-state index in [-0.39, 0.29) is 11.6 Å². The van der Waals surface area contributed by atoms with Crippen molar-refractivity contribution < 1.29 is 9.90 Å². The number of hydrogen-bond acceptors (Lipinski definition) is 3. The number of aromatic carboxylic acids is 1. The van der Waals surface area contributed by atoms with Gasteiger partial charge in [0, 0.05) is 10.8 Å². The fourth-order valence-corrected chi connectivity index (χ4v) is 2.46. The molecule has 1 aromatic heterocycles. The minimum Gasteiger partial charge on any atom is -0.476 e. The summed E-state index contributed by atoms with van der Waals surface area (Å²) >= 11 is 1.54. The van der Waals surface area contributed by atoms with Crippen LogP contribution in [0.15, 0.2) is 0 Å². The highest BCUT2D eigenvalue weighted by molar-refractivity contribution is 7.12. The summed E-state index contributed by atoms with van der Waals surface area (Å²) in [6.07, 6.45) is 0.944. The standard InChI is InChI=1S/C11H17NO2S/c1-5-7(4)9-8(11(13)14)12-10(15-9)6(2)3/h6-7H,5H2,1-4H3,(H,13,14). The number of hydrogen-bond donors (Lipinski definition) is 1. The molecule has 0 fully saturated rings. The molecule has 0 amide bonds. The predicted molar refractivity (Wildman–Crippen MR) is 61.9 cm³/mol. The summed E-state index contributed by atoms with van der Waals surface area (Å²) in [6.45, 7) is 8.17. The van der Waals surface area contributed by atoms with Crippen molar-refractivity contribution in [1.82, 2.24) is 4.98 Å². The highest BCUT2D eigenvalue weighted by atomic mass is 32.1. The zero-order valence-electron chi connectivity index (χ0n) is 9.57. The van der Waals surface area contributed by atoms with Gasteiger partial charge in [0.1, 0.15) is 0 Å². The molecule has 0 spiro atoms. The first kappa shape index (κ1) is 12.2. The minimum absolute atomic E-state index is 0.248. The van der Waals surface area contributed by atoms with E-state index in [2.05, 4.69) is 11.9 Å². The van der Waals surface area contributed by atoms with E-state index in [1.807, 2.05) is 20.8 Å². The lowest BCUT2D eigenvalue weighted by atomic mass is 10.1. The molecule has 1 heterocycles. The fourth-order valence-electron chi connectivity index (χ4n) is 1.27. The Bertz CT molecular complexity index is 357. The summed E-state index contributed by atoms with van der Waals surface area (Å²) in [4.78, 5) is 16.1. The first-order chi connectivity index (χ1) is 6.97. The highest BCUT2D eigenvalue weighted by Crippen LogP contribution is 2.32. The molecule has 0 aliphatic heterocycles. The summed E-state index contributed by atoms with van der Waals surface area (Å²) in [6, 6.07) is 0. The molecular weight excluding hydrogens is 210 g/mol. The van der Waals surface area contributed by atoms with Gasteiger partial charge in [-0.3, -0.25) is 0 Å². The van der Waals surface area contributed by atoms with Crippen LogP contribution in [0, 0.1) is 0 Å². The molecule has 4 heteroatoms. The van der Waals surface area contributed by atoms with Gasteiger partial charge >= 0.3 is 5.97 Å². The van der Waals surface area contributed by atoms with Gasteiger partial charge in [0.15, 0.2) is 5.69 Å². The maximum absolute atomic E-state index is 11.0. The third-order valence-corrected chi connectivity index (χ3v) is 4.01. The van der Waals surface area contributed by atoms with E-state index in [0.717, 1.165) is 16.3 Å². The van der Waals surface area contributed by atoms with Gasteiger partial charge in [-0.1, -0.05) is 27.7 Å². The Kier molecular flexibility index (Phi) is 3.85. The van der Waals surface area contributed by atoms with Crippen molar-refractivity contribution in [3.8, 4) is 0 Å². The number of carbonyl (C=O) groups is 1. The molecule has 1 aromatic rings. The van der Waals surface area contributed by atoms with Gasteiger partial charge in [0.2, 0.25) is 0 Å². The molecule has 1 rings (SSSR count). The van der Waals surface area contributed by atoms with Crippen molar-refractivity contribution in [3.63, 3.8) is 0 Å². The molecule has 1 N–H and O–H groups in total. The number of carboxylic acid groups (broad SMARTS) is 1. The maximum atomic E-state index is 11.0. The first-order valence-electron chi connectivity index (χ1n) is 5.21. The zero-order chi connectivity index (χ0) is 11.6. The first-order valence-corrected chi connectivity index (χ1v) is 6.02. The SMILES string of the molecule is CCC(C)c1sc(C(C)C)nc1C(=O)O. The maximum Gasteiger partial charge on any atom is 0.355 e. The van der Waals surface area contributed by atoms with Gasteiger partial charge in [-0.2, -0.15) is 0 Å². The average Bonchev–Trinajstić information content (AvgIpc) is 2.61. The van der Waals surface area contributed by atoms with Crippen LogP contribution in [0.5, 0.6) is 0 Å². The lowest BCUT2D eigenvalue weighted by Crippen LogP contribution is -2.03. The Balaban J connectivity index is 3.17. The van der Waals surface area contributed by atoms with Crippen LogP contribution in [0.3, 0.4) is 0 Å². The lowest BCUT2D eigenvalue weighted by molar-refractivity contribution is 0.0689. The third kappa shape index (κ3) is 2.56. The van der Waals surface area contributed by atoms with E-state index < -0.39 is 5.97 Å². The number of nitrogens with zero attached hydrogens (tertiary/aromatic N) is 1. The minimum atomic E-state index is -0.909. The number of rotatable bonds is 4. The van der Waals surface area contributed by atoms with Crippen LogP contribution in [-0.4, -0.2) is 16.1 Å². The molecule has 84 valence electrons. The van der Waals surface area contributed by atoms with Crippen LogP contribution in [-0.2, 0) is 0 Å². The Morgan fingerprint density at radius 2 is 2.07 bits per heavy atom. The molecular formula is C11H17NO2S. The number of thiazole rings is 1. The monoisotopic (exact) mass is 227 g/mol. The van der Waals surface area contributed by atoms with E-state index in [0.29, 0.717) is 5.92 Å². The van der Waals surface area contributed by atoms with Crippen molar-refractivity contribution in [3.05, 3.63) is 15.6 Å². The highest BCUT2D eigenvalue weighted by Gasteiger charge is 2.21. The van der Waals surface area contributed by atoms with Crippen molar-refractivity contribution in [1.29, 1.82) is 0 Å². The second-order valence-corrected chi connectivity index (χ2v) is 5.10. The summed E-state index contributed by atoms with van der Waals surface area (Å²) in [7, 11) is 0. The number of aromatic nitrogens is 1. The summed E-state index contributed by atoms with van der Waals surface area (Å²) in [5, 5.41) is 9.97. The van der Waals surface area contributed by atoms with Gasteiger partial charge in [0.05, 0.1) is 5.01 Å². The summed E-state index contributed by atoms with van der Waals surface area (Å²) in [5.41, 5.74) is 0.248. The van der Waals surface area contributed by atoms with Crippen molar-refractivity contribution in [2.75, 3.05) is 0 Å². The van der Waals surface area contributed by atoms with Crippen LogP contribution in [0.4, 0.5) is 0 Å². The van der Waals surface area contributed by atoms with Crippen LogP contribution >= 0.6 is 11.3 Å². The Labute approximate surface area is 94.2 Å². The Morgan fingerprint density at radius 3 is 2.47 bits per heavy atom. The molecule has 1 unspecified atom stereocenters. The van der Waals surface area contributed by atoms with Crippen LogP contribution in [0.2, 0.25) is 0 Å². The normalized spacial score (nSPS) is 13.1. The van der Waals surface area contributed by atoms with E-state index in [9.17, 15) is 4.79 Å². The molecule has 0 aliphatic rings. The Morgan fingerprint density at radius 1 is 1.47 bits per heavy atom.